The Balaban J connectivity index is 1.24. The van der Waals surface area contributed by atoms with Gasteiger partial charge < -0.3 is 19.6 Å². The van der Waals surface area contributed by atoms with Crippen LogP contribution in [0.5, 0.6) is 0 Å². The molecule has 5 aromatic rings. The Labute approximate surface area is 256 Å². The van der Waals surface area contributed by atoms with Crippen LogP contribution >= 0.6 is 0 Å². The molecule has 2 aliphatic rings. The van der Waals surface area contributed by atoms with E-state index in [1.54, 1.807) is 6.08 Å². The molecular weight excluding hydrogens is 551 g/mol. The molecule has 1 amide bonds. The number of hydrogen-bond donors (Lipinski definition) is 2. The largest absolute Gasteiger partial charge is 0.478 e. The molecule has 0 unspecified atom stereocenters. The number of nitrogens with one attached hydrogen (secondary N) is 1. The number of carbonyl (C=O) groups is 2. The van der Waals surface area contributed by atoms with Gasteiger partial charge in [-0.25, -0.2) is 19.7 Å². The molecule has 222 valence electrons. The van der Waals surface area contributed by atoms with Crippen LogP contribution in [0.25, 0.3) is 39.5 Å². The summed E-state index contributed by atoms with van der Waals surface area (Å²) in [6.45, 7) is 0. The number of amides is 1. The molecule has 3 aromatic heterocycles. The average Bonchev–Trinajstić information content (AvgIpc) is 3.71. The first kappa shape index (κ1) is 28.1. The molecule has 0 radical (unpaired) electrons. The second-order valence-electron chi connectivity index (χ2n) is 12.4. The van der Waals surface area contributed by atoms with E-state index in [1.165, 1.54) is 18.4 Å². The van der Waals surface area contributed by atoms with Crippen LogP contribution in [-0.4, -0.2) is 48.9 Å². The lowest BCUT2D eigenvalue weighted by atomic mass is 9.75. The van der Waals surface area contributed by atoms with Gasteiger partial charge in [0.25, 0.3) is 5.91 Å². The number of benzene rings is 2. The molecule has 2 N–H and O–H groups in total. The predicted octanol–water partition coefficient (Wildman–Crippen LogP) is 4.35. The number of carboxylic acid groups (broad SMARTS) is 1. The Morgan fingerprint density at radius 1 is 1.00 bits per heavy atom. The fraction of sp³-hybridized carbons (Fsp3) is 0.324. The van der Waals surface area contributed by atoms with E-state index in [0.717, 1.165) is 88.5 Å². The zero-order chi connectivity index (χ0) is 30.6. The molecule has 0 aliphatic heterocycles. The third kappa shape index (κ3) is 4.69. The van der Waals surface area contributed by atoms with Crippen molar-refractivity contribution < 1.29 is 14.7 Å². The van der Waals surface area contributed by atoms with Gasteiger partial charge in [-0.15, -0.1) is 0 Å². The maximum atomic E-state index is 13.9. The lowest BCUT2D eigenvalue weighted by Gasteiger charge is -2.41. The predicted molar refractivity (Wildman–Crippen MR) is 174 cm³/mol. The molecule has 10 heteroatoms. The zero-order valence-electron chi connectivity index (χ0n) is 25.3. The summed E-state index contributed by atoms with van der Waals surface area (Å²) in [7, 11) is 6.00. The Bertz CT molecular complexity index is 1960. The number of nitrogens with zero attached hydrogens (tertiary/aromatic N) is 5. The minimum atomic E-state index is -0.991. The minimum absolute atomic E-state index is 0.125. The van der Waals surface area contributed by atoms with Gasteiger partial charge in [-0.1, -0.05) is 30.4 Å². The Kier molecular flexibility index (Phi) is 6.87. The topological polar surface area (TPSA) is 115 Å². The van der Waals surface area contributed by atoms with Gasteiger partial charge in [0.15, 0.2) is 5.82 Å². The van der Waals surface area contributed by atoms with Crippen LogP contribution in [0.3, 0.4) is 0 Å². The van der Waals surface area contributed by atoms with E-state index in [1.807, 2.05) is 69.2 Å². The van der Waals surface area contributed by atoms with Crippen LogP contribution in [0.2, 0.25) is 0 Å². The zero-order valence-corrected chi connectivity index (χ0v) is 25.3. The number of rotatable bonds is 7. The number of aromatic nitrogens is 5. The van der Waals surface area contributed by atoms with Crippen molar-refractivity contribution in [2.24, 2.45) is 14.1 Å². The second kappa shape index (κ2) is 10.8. The molecule has 44 heavy (non-hydrogen) atoms. The van der Waals surface area contributed by atoms with Crippen molar-refractivity contribution in [3.63, 3.8) is 0 Å². The number of aliphatic carboxylic acids is 1. The molecule has 2 aliphatic carbocycles. The average molecular weight is 587 g/mol. The summed E-state index contributed by atoms with van der Waals surface area (Å²) >= 11 is 0. The smallest absolute Gasteiger partial charge is 0.328 e. The first-order chi connectivity index (χ1) is 21.2. The van der Waals surface area contributed by atoms with E-state index in [2.05, 4.69) is 16.0 Å². The van der Waals surface area contributed by atoms with E-state index in [9.17, 15) is 9.59 Å². The summed E-state index contributed by atoms with van der Waals surface area (Å²) in [5.74, 6) is 0.873. The molecule has 2 fully saturated rings. The highest BCUT2D eigenvalue weighted by atomic mass is 16.4. The number of carboxylic acids is 1. The van der Waals surface area contributed by atoms with Gasteiger partial charge in [-0.3, -0.25) is 4.79 Å². The van der Waals surface area contributed by atoms with Crippen LogP contribution in [0.4, 0.5) is 0 Å². The summed E-state index contributed by atoms with van der Waals surface area (Å²) in [4.78, 5) is 39.2. The number of fused-ring (bicyclic) bond motifs is 2. The molecule has 0 spiro atoms. The number of carbonyl (C=O) groups excluding carboxylic acids is 1. The minimum Gasteiger partial charge on any atom is -0.478 e. The van der Waals surface area contributed by atoms with Crippen molar-refractivity contribution in [3.8, 4) is 11.5 Å². The van der Waals surface area contributed by atoms with E-state index >= 15 is 0 Å². The fourth-order valence-corrected chi connectivity index (χ4v) is 7.15. The number of hydrogen-bond acceptors (Lipinski definition) is 5. The summed E-state index contributed by atoms with van der Waals surface area (Å²) in [6, 6.07) is 11.7. The first-order valence-electron chi connectivity index (χ1n) is 15.4. The van der Waals surface area contributed by atoms with Crippen LogP contribution in [0.15, 0.2) is 54.9 Å². The maximum Gasteiger partial charge on any atom is 0.328 e. The molecule has 3 heterocycles. The van der Waals surface area contributed by atoms with Gasteiger partial charge in [-0.2, -0.15) is 0 Å². The first-order valence-corrected chi connectivity index (χ1v) is 15.4. The number of imidazole rings is 1. The van der Waals surface area contributed by atoms with Crippen LogP contribution in [-0.2, 0) is 24.4 Å². The third-order valence-electron chi connectivity index (χ3n) is 9.57. The van der Waals surface area contributed by atoms with Gasteiger partial charge in [0.05, 0.1) is 22.3 Å². The second-order valence-corrected chi connectivity index (χ2v) is 12.4. The van der Waals surface area contributed by atoms with E-state index in [-0.39, 0.29) is 5.91 Å². The number of aryl methyl sites for hydroxylation is 2. The summed E-state index contributed by atoms with van der Waals surface area (Å²) < 4.78 is 4.18. The SMILES string of the molecule is Bc1cnc(-c2c(C3CCCC3)c3ccc(C(=O)NC4(c5nc6ccc(/C=C/C(=O)O)cc6n5C)CCC4)cc3n2C)nc1. The normalized spacial score (nSPS) is 16.6. The summed E-state index contributed by atoms with van der Waals surface area (Å²) in [6.07, 6.45) is 13.8. The molecule has 0 saturated heterocycles. The van der Waals surface area contributed by atoms with Crippen molar-refractivity contribution in [3.05, 3.63) is 77.4 Å². The molecule has 9 nitrogen and oxygen atoms in total. The van der Waals surface area contributed by atoms with Crippen molar-refractivity contribution in [1.29, 1.82) is 0 Å². The van der Waals surface area contributed by atoms with Gasteiger partial charge >= 0.3 is 5.97 Å². The van der Waals surface area contributed by atoms with Crippen LogP contribution < -0.4 is 10.8 Å². The summed E-state index contributed by atoms with van der Waals surface area (Å²) in [5.41, 5.74) is 6.89. The van der Waals surface area contributed by atoms with E-state index in [0.29, 0.717) is 11.5 Å². The lowest BCUT2D eigenvalue weighted by Crippen LogP contribution is -2.52. The van der Waals surface area contributed by atoms with E-state index in [4.69, 9.17) is 20.1 Å². The fourth-order valence-electron chi connectivity index (χ4n) is 7.15. The highest BCUT2D eigenvalue weighted by molar-refractivity contribution is 6.31. The van der Waals surface area contributed by atoms with E-state index < -0.39 is 11.5 Å². The highest BCUT2D eigenvalue weighted by Gasteiger charge is 2.44. The summed E-state index contributed by atoms with van der Waals surface area (Å²) in [5, 5.41) is 13.6. The Morgan fingerprint density at radius 2 is 1.75 bits per heavy atom. The molecular formula is C34H35BN6O3. The van der Waals surface area contributed by atoms with Crippen molar-refractivity contribution in [2.75, 3.05) is 0 Å². The van der Waals surface area contributed by atoms with Crippen LogP contribution in [0, 0.1) is 0 Å². The highest BCUT2D eigenvalue weighted by Crippen LogP contribution is 2.45. The van der Waals surface area contributed by atoms with Gasteiger partial charge in [0.1, 0.15) is 13.7 Å². The van der Waals surface area contributed by atoms with Gasteiger partial charge in [0.2, 0.25) is 0 Å². The Hall–Kier alpha value is -4.73. The third-order valence-corrected chi connectivity index (χ3v) is 9.57. The van der Waals surface area contributed by atoms with Crippen molar-refractivity contribution in [2.45, 2.75) is 56.4 Å². The van der Waals surface area contributed by atoms with Crippen LogP contribution in [0.1, 0.15) is 78.2 Å². The quantitative estimate of drug-likeness (QED) is 0.217. The molecule has 2 aromatic carbocycles. The lowest BCUT2D eigenvalue weighted by molar-refractivity contribution is -0.131. The maximum absolute atomic E-state index is 13.9. The molecule has 2 saturated carbocycles. The van der Waals surface area contributed by atoms with Gasteiger partial charge in [-0.05, 0) is 79.5 Å². The van der Waals surface area contributed by atoms with Gasteiger partial charge in [0, 0.05) is 49.0 Å². The van der Waals surface area contributed by atoms with Crippen molar-refractivity contribution >= 4 is 53.2 Å². The van der Waals surface area contributed by atoms with Crippen molar-refractivity contribution in [1.82, 2.24) is 29.4 Å². The Morgan fingerprint density at radius 3 is 2.43 bits per heavy atom. The molecule has 7 rings (SSSR count). The molecule has 0 bridgehead atoms. The molecule has 0 atom stereocenters. The standard InChI is InChI=1S/C34H35BN6O3/c1-40-26-17-22(10-11-24(26)29(21-6-3-4-7-21)30(40)31-36-18-23(35)19-37-31)32(44)39-34(14-5-15-34)33-38-25-12-8-20(9-13-28(42)43)16-27(25)41(33)2/h8-13,16-19,21H,3-7,14-15,35H2,1-2H3,(H,39,44)(H,42,43)/b13-9+. The monoisotopic (exact) mass is 586 g/mol.